The Morgan fingerprint density at radius 3 is 1.11 bits per heavy atom. The van der Waals surface area contributed by atoms with Gasteiger partial charge in [0, 0.05) is 0 Å². The fraction of sp³-hybridized carbons (Fsp3) is 0. The van der Waals surface area contributed by atoms with E-state index in [0.29, 0.717) is 0 Å². The number of hydrogen-bond acceptors (Lipinski definition) is 4. The molecule has 0 atom stereocenters. The summed E-state index contributed by atoms with van der Waals surface area (Å²) in [5, 5.41) is 0. The number of rotatable bonds is 0. The smallest absolute Gasteiger partial charge is 0.822 e. The maximum absolute atomic E-state index is 8.55. The van der Waals surface area contributed by atoms with Crippen LogP contribution in [0.1, 0.15) is 0 Å². The van der Waals surface area contributed by atoms with Gasteiger partial charge in [-0.25, -0.2) is 0 Å². The summed E-state index contributed by atoms with van der Waals surface area (Å²) in [5.41, 5.74) is 0. The largest absolute Gasteiger partial charge is 2.00 e. The predicted molar refractivity (Wildman–Crippen MR) is 30.6 cm³/mol. The molecule has 0 aromatic rings. The van der Waals surface area contributed by atoms with Gasteiger partial charge < -0.3 is 19.2 Å². The molecule has 0 bridgehead atoms. The van der Waals surface area contributed by atoms with Gasteiger partial charge >= 0.3 is 155 Å². The zero-order valence-electron chi connectivity index (χ0n) is 4.91. The molecule has 0 aliphatic carbocycles. The van der Waals surface area contributed by atoms with Crippen LogP contribution in [0.2, 0.25) is 0 Å². The van der Waals surface area contributed by atoms with E-state index in [2.05, 4.69) is 0 Å². The van der Waals surface area contributed by atoms with Crippen molar-refractivity contribution in [2.45, 2.75) is 0 Å². The molecule has 9 heteroatoms. The standard InChI is InChI=1S/Ba.Ca.Mg.H3O4P.Sr/c;;;1-5(2,3)4;/h;;;(H3,1,2,3,4);/q3*+2;;+2/p-3. The summed E-state index contributed by atoms with van der Waals surface area (Å²) in [6.45, 7) is 0. The Balaban J connectivity index is -0.0000000133. The van der Waals surface area contributed by atoms with E-state index < -0.39 is 7.82 Å². The first kappa shape index (κ1) is 29.2. The average molecular weight is 384 g/mol. The van der Waals surface area contributed by atoms with Crippen molar-refractivity contribution in [2.75, 3.05) is 0 Å². The number of phosphoric acid groups is 1. The molecule has 9 heavy (non-hydrogen) atoms. The molecule has 0 spiro atoms. The van der Waals surface area contributed by atoms with Crippen molar-refractivity contribution in [3.05, 3.63) is 0 Å². The molecule has 0 rings (SSSR count). The molecule has 0 fully saturated rings. The molecule has 0 heterocycles. The minimum absolute atomic E-state index is 0. The predicted octanol–water partition coefficient (Wildman–Crippen LogP) is -4.35. The maximum Gasteiger partial charge on any atom is 2.00 e. The van der Waals surface area contributed by atoms with Crippen molar-refractivity contribution in [2.24, 2.45) is 0 Å². The van der Waals surface area contributed by atoms with Gasteiger partial charge in [0.15, 0.2) is 0 Å². The van der Waals surface area contributed by atoms with Crippen LogP contribution in [0.4, 0.5) is 0 Å². The van der Waals surface area contributed by atoms with Crippen LogP contribution >= 0.6 is 7.82 Å². The van der Waals surface area contributed by atoms with Crippen LogP contribution in [0.5, 0.6) is 0 Å². The summed E-state index contributed by atoms with van der Waals surface area (Å²) in [4.78, 5) is 25.6. The van der Waals surface area contributed by atoms with Gasteiger partial charge in [-0.2, -0.15) is 7.82 Å². The van der Waals surface area contributed by atoms with E-state index in [1.807, 2.05) is 0 Å². The van der Waals surface area contributed by atoms with E-state index in [0.717, 1.165) is 0 Å². The van der Waals surface area contributed by atoms with Crippen molar-refractivity contribution in [3.63, 3.8) is 0 Å². The SMILES string of the molecule is O=P([O-])([O-])[O-].[Ba+2].[Ca+2].[Mg+2].[Sr+2]. The van der Waals surface area contributed by atoms with E-state index in [-0.39, 0.29) is 155 Å². The molecule has 0 N–H and O–H groups in total. The van der Waals surface area contributed by atoms with Crippen LogP contribution < -0.4 is 14.7 Å². The van der Waals surface area contributed by atoms with Gasteiger partial charge in [0.25, 0.3) is 0 Å². The summed E-state index contributed by atoms with van der Waals surface area (Å²) < 4.78 is 8.55. The second kappa shape index (κ2) is 15.7. The molecule has 4 nitrogen and oxygen atoms in total. The summed E-state index contributed by atoms with van der Waals surface area (Å²) in [7, 11) is -5.39. The molecule has 0 saturated heterocycles. The van der Waals surface area contributed by atoms with Crippen molar-refractivity contribution in [1.29, 1.82) is 0 Å². The molecule has 0 aromatic carbocycles. The van der Waals surface area contributed by atoms with Gasteiger partial charge in [-0.05, 0) is 0 Å². The maximum atomic E-state index is 8.55. The first-order valence-corrected chi connectivity index (χ1v) is 2.19. The molecule has 32 valence electrons. The molecule has 0 unspecified atom stereocenters. The van der Waals surface area contributed by atoms with Gasteiger partial charge in [0.05, 0.1) is 0 Å². The van der Waals surface area contributed by atoms with E-state index in [1.165, 1.54) is 0 Å². The molecular weight excluding hydrogens is 384 g/mol. The van der Waals surface area contributed by atoms with Crippen molar-refractivity contribution < 1.29 is 19.2 Å². The van der Waals surface area contributed by atoms with Crippen LogP contribution in [0.25, 0.3) is 0 Å². The van der Waals surface area contributed by atoms with Crippen LogP contribution in [-0.2, 0) is 4.57 Å². The first-order chi connectivity index (χ1) is 2.00. The van der Waals surface area contributed by atoms with E-state index >= 15 is 0 Å². The normalized spacial score (nSPS) is 6.56. The Morgan fingerprint density at radius 2 is 1.11 bits per heavy atom. The zero-order valence-corrected chi connectivity index (χ0v) is 17.3. The molecule has 0 aliphatic rings. The molecule has 0 aromatic heterocycles. The first-order valence-electron chi connectivity index (χ1n) is 0.730. The summed E-state index contributed by atoms with van der Waals surface area (Å²) >= 11 is 0. The summed E-state index contributed by atoms with van der Waals surface area (Å²) in [6, 6.07) is 0. The molecule has 0 saturated carbocycles. The fourth-order valence-electron chi connectivity index (χ4n) is 0. The monoisotopic (exact) mass is 385 g/mol. The Labute approximate surface area is 177 Å². The van der Waals surface area contributed by atoms with Gasteiger partial charge in [-0.15, -0.1) is 0 Å². The fourth-order valence-corrected chi connectivity index (χ4v) is 0. The van der Waals surface area contributed by atoms with Crippen LogP contribution in [0.15, 0.2) is 0 Å². The second-order valence-corrected chi connectivity index (χ2v) is 1.34. The minimum atomic E-state index is -5.39. The van der Waals surface area contributed by atoms with Gasteiger partial charge in [-0.1, -0.05) is 0 Å². The van der Waals surface area contributed by atoms with Crippen LogP contribution in [-0.4, -0.2) is 155 Å². The Morgan fingerprint density at radius 1 is 1.11 bits per heavy atom. The molecular formula is BaCaMgO4PSr+5. The third-order valence-corrected chi connectivity index (χ3v) is 0. The van der Waals surface area contributed by atoms with Gasteiger partial charge in [0.2, 0.25) is 0 Å². The zero-order chi connectivity index (χ0) is 4.50. The molecule has 0 radical (unpaired) electrons. The quantitative estimate of drug-likeness (QED) is 0.312. The van der Waals surface area contributed by atoms with Crippen molar-refractivity contribution in [1.82, 2.24) is 0 Å². The van der Waals surface area contributed by atoms with E-state index in [4.69, 9.17) is 19.2 Å². The van der Waals surface area contributed by atoms with Crippen molar-refractivity contribution >= 4 is 163 Å². The topological polar surface area (TPSA) is 86.2 Å². The summed E-state index contributed by atoms with van der Waals surface area (Å²) in [5.74, 6) is 0. The average Bonchev–Trinajstić information content (AvgIpc) is 0.722. The third kappa shape index (κ3) is 61.3. The van der Waals surface area contributed by atoms with Crippen molar-refractivity contribution in [3.8, 4) is 0 Å². The van der Waals surface area contributed by atoms with Crippen LogP contribution in [0.3, 0.4) is 0 Å². The third-order valence-electron chi connectivity index (χ3n) is 0. The Hall–Kier alpha value is 5.19. The molecule has 0 aliphatic heterocycles. The van der Waals surface area contributed by atoms with Crippen LogP contribution in [0, 0.1) is 0 Å². The second-order valence-electron chi connectivity index (χ2n) is 0.447. The molecule has 0 amide bonds. The summed E-state index contributed by atoms with van der Waals surface area (Å²) in [6.07, 6.45) is 0. The number of hydrogen-bond donors (Lipinski definition) is 0. The minimum Gasteiger partial charge on any atom is -0.822 e. The van der Waals surface area contributed by atoms with Gasteiger partial charge in [-0.3, -0.25) is 0 Å². The van der Waals surface area contributed by atoms with Gasteiger partial charge in [0.1, 0.15) is 0 Å². The van der Waals surface area contributed by atoms with E-state index in [9.17, 15) is 0 Å². The Kier molecular flexibility index (Phi) is 50.8. The Bertz CT molecular complexity index is 66.7. The van der Waals surface area contributed by atoms with E-state index in [1.54, 1.807) is 0 Å².